The lowest BCUT2D eigenvalue weighted by molar-refractivity contribution is 0.934. The summed E-state index contributed by atoms with van der Waals surface area (Å²) in [6, 6.07) is 5.57. The van der Waals surface area contributed by atoms with Crippen LogP contribution in [0.25, 0.3) is 5.65 Å². The highest BCUT2D eigenvalue weighted by molar-refractivity contribution is 5.40. The molecule has 2 aromatic rings. The molecule has 2 rings (SSSR count). The van der Waals surface area contributed by atoms with Gasteiger partial charge in [-0.15, -0.1) is 0 Å². The van der Waals surface area contributed by atoms with Gasteiger partial charge in [-0.1, -0.05) is 26.8 Å². The number of nitrogens with zero attached hydrogens (tertiary/aromatic N) is 2. The lowest BCUT2D eigenvalue weighted by Gasteiger charge is -2.04. The maximum atomic E-state index is 11.8. The average molecular weight is 218 g/mol. The van der Waals surface area contributed by atoms with E-state index in [2.05, 4.69) is 4.98 Å². The van der Waals surface area contributed by atoms with Crippen LogP contribution in [0.2, 0.25) is 0 Å². The van der Waals surface area contributed by atoms with Gasteiger partial charge in [0, 0.05) is 11.8 Å². The fourth-order valence-corrected chi connectivity index (χ4v) is 1.57. The molecule has 0 aliphatic carbocycles. The predicted molar refractivity (Wildman–Crippen MR) is 66.9 cm³/mol. The molecule has 0 fully saturated rings. The summed E-state index contributed by atoms with van der Waals surface area (Å²) in [7, 11) is 0. The normalized spacial score (nSPS) is 9.75. The SMILES string of the molecule is CC.CCc1nc2ccccn2c(=O)c1C. The maximum absolute atomic E-state index is 11.8. The van der Waals surface area contributed by atoms with E-state index in [0.717, 1.165) is 23.3 Å². The van der Waals surface area contributed by atoms with Crippen molar-refractivity contribution >= 4 is 5.65 Å². The van der Waals surface area contributed by atoms with Gasteiger partial charge in [0.15, 0.2) is 0 Å². The minimum Gasteiger partial charge on any atom is -0.269 e. The molecule has 0 aliphatic heterocycles. The fraction of sp³-hybridized carbons (Fsp3) is 0.385. The van der Waals surface area contributed by atoms with Crippen molar-refractivity contribution in [1.29, 1.82) is 0 Å². The van der Waals surface area contributed by atoms with E-state index < -0.39 is 0 Å². The van der Waals surface area contributed by atoms with Crippen LogP contribution in [0, 0.1) is 6.92 Å². The zero-order valence-electron chi connectivity index (χ0n) is 10.3. The average Bonchev–Trinajstić information content (AvgIpc) is 2.36. The van der Waals surface area contributed by atoms with E-state index >= 15 is 0 Å². The molecule has 0 saturated heterocycles. The number of aromatic nitrogens is 2. The summed E-state index contributed by atoms with van der Waals surface area (Å²) >= 11 is 0. The van der Waals surface area contributed by atoms with Crippen LogP contribution in [-0.2, 0) is 6.42 Å². The molecular weight excluding hydrogens is 200 g/mol. The third kappa shape index (κ3) is 2.13. The highest BCUT2D eigenvalue weighted by Crippen LogP contribution is 2.03. The largest absolute Gasteiger partial charge is 0.269 e. The van der Waals surface area contributed by atoms with Crippen LogP contribution >= 0.6 is 0 Å². The van der Waals surface area contributed by atoms with Crippen molar-refractivity contribution in [3.05, 3.63) is 46.0 Å². The third-order valence-corrected chi connectivity index (χ3v) is 2.40. The zero-order valence-corrected chi connectivity index (χ0v) is 10.3. The smallest absolute Gasteiger partial charge is 0.261 e. The second kappa shape index (κ2) is 5.45. The molecule has 0 atom stereocenters. The Labute approximate surface area is 95.8 Å². The summed E-state index contributed by atoms with van der Waals surface area (Å²) in [5.74, 6) is 0. The van der Waals surface area contributed by atoms with Gasteiger partial charge in [0.05, 0.1) is 5.69 Å². The van der Waals surface area contributed by atoms with E-state index in [1.165, 1.54) is 0 Å². The van der Waals surface area contributed by atoms with Gasteiger partial charge in [-0.3, -0.25) is 9.20 Å². The van der Waals surface area contributed by atoms with E-state index in [9.17, 15) is 4.79 Å². The quantitative estimate of drug-likeness (QED) is 0.737. The molecule has 3 heteroatoms. The maximum Gasteiger partial charge on any atom is 0.261 e. The van der Waals surface area contributed by atoms with Crippen LogP contribution in [-0.4, -0.2) is 9.38 Å². The van der Waals surface area contributed by atoms with Crippen LogP contribution in [0.5, 0.6) is 0 Å². The van der Waals surface area contributed by atoms with Gasteiger partial charge in [0.2, 0.25) is 0 Å². The molecule has 86 valence electrons. The molecule has 0 unspecified atom stereocenters. The predicted octanol–water partition coefficient (Wildman–Crippen LogP) is 2.59. The molecule has 0 amide bonds. The van der Waals surface area contributed by atoms with Crippen molar-refractivity contribution in [3.8, 4) is 0 Å². The Kier molecular flexibility index (Phi) is 4.23. The Balaban J connectivity index is 0.000000606. The first-order valence-corrected chi connectivity index (χ1v) is 5.71. The Morgan fingerprint density at radius 1 is 1.31 bits per heavy atom. The molecule has 3 nitrogen and oxygen atoms in total. The molecule has 0 aromatic carbocycles. The first kappa shape index (κ1) is 12.4. The van der Waals surface area contributed by atoms with E-state index in [0.29, 0.717) is 0 Å². The summed E-state index contributed by atoms with van der Waals surface area (Å²) < 4.78 is 1.58. The van der Waals surface area contributed by atoms with Gasteiger partial charge in [-0.25, -0.2) is 4.98 Å². The summed E-state index contributed by atoms with van der Waals surface area (Å²) in [5, 5.41) is 0. The highest BCUT2D eigenvalue weighted by atomic mass is 16.1. The van der Waals surface area contributed by atoms with Gasteiger partial charge in [-0.2, -0.15) is 0 Å². The van der Waals surface area contributed by atoms with Crippen LogP contribution in [0.15, 0.2) is 29.2 Å². The number of hydrogen-bond donors (Lipinski definition) is 0. The van der Waals surface area contributed by atoms with Gasteiger partial charge in [-0.05, 0) is 25.5 Å². The van der Waals surface area contributed by atoms with E-state index in [1.54, 1.807) is 10.6 Å². The standard InChI is InChI=1S/C11H12N2O.C2H6/c1-3-9-8(2)11(14)13-7-5-4-6-10(13)12-9;1-2/h4-7H,3H2,1-2H3;1-2H3. The first-order chi connectivity index (χ1) is 7.74. The van der Waals surface area contributed by atoms with Gasteiger partial charge in [0.25, 0.3) is 5.56 Å². The molecule has 0 spiro atoms. The van der Waals surface area contributed by atoms with Crippen LogP contribution in [0.4, 0.5) is 0 Å². The molecule has 0 radical (unpaired) electrons. The first-order valence-electron chi connectivity index (χ1n) is 5.71. The Hall–Kier alpha value is -1.64. The van der Waals surface area contributed by atoms with E-state index in [1.807, 2.05) is 45.9 Å². The second-order valence-electron chi connectivity index (χ2n) is 3.27. The summed E-state index contributed by atoms with van der Waals surface area (Å²) in [5.41, 5.74) is 2.39. The van der Waals surface area contributed by atoms with Crippen molar-refractivity contribution in [3.63, 3.8) is 0 Å². The molecule has 0 saturated carbocycles. The van der Waals surface area contributed by atoms with E-state index in [-0.39, 0.29) is 5.56 Å². The zero-order chi connectivity index (χ0) is 12.1. The second-order valence-corrected chi connectivity index (χ2v) is 3.27. The summed E-state index contributed by atoms with van der Waals surface area (Å²) in [6.45, 7) is 7.84. The van der Waals surface area contributed by atoms with Crippen molar-refractivity contribution < 1.29 is 0 Å². The topological polar surface area (TPSA) is 34.4 Å². The van der Waals surface area contributed by atoms with Crippen molar-refractivity contribution in [2.75, 3.05) is 0 Å². The minimum absolute atomic E-state index is 0.0347. The third-order valence-electron chi connectivity index (χ3n) is 2.40. The van der Waals surface area contributed by atoms with E-state index in [4.69, 9.17) is 0 Å². The lowest BCUT2D eigenvalue weighted by atomic mass is 10.2. The molecule has 2 heterocycles. The highest BCUT2D eigenvalue weighted by Gasteiger charge is 2.05. The number of aryl methyl sites for hydroxylation is 1. The molecular formula is C13H18N2O. The fourth-order valence-electron chi connectivity index (χ4n) is 1.57. The van der Waals surface area contributed by atoms with Crippen LogP contribution in [0.1, 0.15) is 32.0 Å². The Morgan fingerprint density at radius 2 is 2.00 bits per heavy atom. The van der Waals surface area contributed by atoms with Crippen LogP contribution < -0.4 is 5.56 Å². The van der Waals surface area contributed by atoms with Gasteiger partial charge in [0.1, 0.15) is 5.65 Å². The monoisotopic (exact) mass is 218 g/mol. The number of pyridine rings is 1. The number of fused-ring (bicyclic) bond motifs is 1. The minimum atomic E-state index is 0.0347. The Bertz CT molecular complexity index is 529. The van der Waals surface area contributed by atoms with Crippen molar-refractivity contribution in [2.24, 2.45) is 0 Å². The van der Waals surface area contributed by atoms with Crippen molar-refractivity contribution in [2.45, 2.75) is 34.1 Å². The molecule has 0 N–H and O–H groups in total. The van der Waals surface area contributed by atoms with Crippen LogP contribution in [0.3, 0.4) is 0 Å². The summed E-state index contributed by atoms with van der Waals surface area (Å²) in [4.78, 5) is 16.2. The van der Waals surface area contributed by atoms with Gasteiger partial charge < -0.3 is 0 Å². The molecule has 16 heavy (non-hydrogen) atoms. The Morgan fingerprint density at radius 3 is 2.62 bits per heavy atom. The lowest BCUT2D eigenvalue weighted by Crippen LogP contribution is -2.19. The molecule has 2 aromatic heterocycles. The van der Waals surface area contributed by atoms with Crippen molar-refractivity contribution in [1.82, 2.24) is 9.38 Å². The van der Waals surface area contributed by atoms with Gasteiger partial charge >= 0.3 is 0 Å². The summed E-state index contributed by atoms with van der Waals surface area (Å²) in [6.07, 6.45) is 2.55. The molecule has 0 aliphatic rings. The number of hydrogen-bond acceptors (Lipinski definition) is 2. The molecule has 0 bridgehead atoms. The number of rotatable bonds is 1.